The lowest BCUT2D eigenvalue weighted by Crippen LogP contribution is -2.09. The van der Waals surface area contributed by atoms with Gasteiger partial charge in [-0.2, -0.15) is 0 Å². The lowest BCUT2D eigenvalue weighted by molar-refractivity contribution is 0.659. The summed E-state index contributed by atoms with van der Waals surface area (Å²) in [4.78, 5) is 2.29. The highest BCUT2D eigenvalue weighted by Gasteiger charge is 2.23. The van der Waals surface area contributed by atoms with Gasteiger partial charge in [0.1, 0.15) is 0 Å². The van der Waals surface area contributed by atoms with Crippen LogP contribution in [0.3, 0.4) is 0 Å². The third-order valence-corrected chi connectivity index (χ3v) is 10.2. The van der Waals surface area contributed by atoms with Crippen molar-refractivity contribution < 1.29 is 4.42 Å². The molecule has 3 nitrogen and oxygen atoms in total. The van der Waals surface area contributed by atoms with Crippen molar-refractivity contribution in [3.05, 3.63) is 206 Å². The molecule has 0 aliphatic carbocycles. The first-order chi connectivity index (χ1) is 26.3. The Morgan fingerprint density at radius 1 is 0.358 bits per heavy atom. The topological polar surface area (TPSA) is 20.8 Å². The third-order valence-electron chi connectivity index (χ3n) is 10.2. The highest BCUT2D eigenvalue weighted by atomic mass is 16.3. The van der Waals surface area contributed by atoms with Crippen molar-refractivity contribution in [3.63, 3.8) is 0 Å². The Balaban J connectivity index is 1.18. The van der Waals surface area contributed by atoms with E-state index in [-0.39, 0.29) is 0 Å². The molecule has 8 aromatic carbocycles. The van der Waals surface area contributed by atoms with Crippen molar-refractivity contribution in [1.29, 1.82) is 0 Å². The smallest absolute Gasteiger partial charge is 0.213 e. The lowest BCUT2D eigenvalue weighted by atomic mass is 9.96. The number of para-hydroxylation sites is 3. The zero-order chi connectivity index (χ0) is 35.1. The molecule has 3 heteroatoms. The van der Waals surface area contributed by atoms with Crippen molar-refractivity contribution in [2.45, 2.75) is 0 Å². The molecule has 10 rings (SSSR count). The number of aromatic nitrogens is 1. The number of nitrogens with zero attached hydrogens (tertiary/aromatic N) is 2. The molecule has 53 heavy (non-hydrogen) atoms. The number of oxazole rings is 1. The molecular formula is C50H34N2O. The highest BCUT2D eigenvalue weighted by Crippen LogP contribution is 2.44. The van der Waals surface area contributed by atoms with Gasteiger partial charge in [0, 0.05) is 28.0 Å². The van der Waals surface area contributed by atoms with Crippen LogP contribution in [0, 0.1) is 0 Å². The molecule has 250 valence electrons. The van der Waals surface area contributed by atoms with Crippen LogP contribution < -0.4 is 4.90 Å². The third kappa shape index (κ3) is 5.38. The molecule has 10 aromatic rings. The van der Waals surface area contributed by atoms with Crippen LogP contribution in [-0.4, -0.2) is 4.40 Å². The van der Waals surface area contributed by atoms with Gasteiger partial charge in [-0.25, -0.2) is 0 Å². The van der Waals surface area contributed by atoms with E-state index in [9.17, 15) is 0 Å². The Bertz CT molecular complexity index is 2800. The van der Waals surface area contributed by atoms with Gasteiger partial charge < -0.3 is 9.32 Å². The quantitative estimate of drug-likeness (QED) is 0.167. The van der Waals surface area contributed by atoms with E-state index >= 15 is 0 Å². The predicted octanol–water partition coefficient (Wildman–Crippen LogP) is 14.0. The maximum atomic E-state index is 7.05. The summed E-state index contributed by atoms with van der Waals surface area (Å²) in [5, 5.41) is 1.17. The number of hydrogen-bond acceptors (Lipinski definition) is 2. The van der Waals surface area contributed by atoms with E-state index in [1.54, 1.807) is 0 Å². The van der Waals surface area contributed by atoms with Crippen LogP contribution in [-0.2, 0) is 0 Å². The molecule has 0 radical (unpaired) electrons. The SMILES string of the molecule is c1ccc(-c2ccc(-c3cc(-c4ccc(N(c5ccccc5)c5ccccc5)cc4)c4oc5c(-c6ccccc6)c6ccccc6n5c4c3)cc2)cc1. The second-order valence-electron chi connectivity index (χ2n) is 13.4. The van der Waals surface area contributed by atoms with Gasteiger partial charge in [0.25, 0.3) is 0 Å². The van der Waals surface area contributed by atoms with Gasteiger partial charge in [-0.3, -0.25) is 4.40 Å². The Labute approximate surface area is 308 Å². The molecule has 0 saturated heterocycles. The van der Waals surface area contributed by atoms with Crippen LogP contribution in [0.2, 0.25) is 0 Å². The Morgan fingerprint density at radius 2 is 0.830 bits per heavy atom. The van der Waals surface area contributed by atoms with E-state index in [0.717, 1.165) is 72.8 Å². The standard InChI is InChI=1S/C50H34N2O/c1-5-15-35(16-6-1)36-25-27-37(28-26-36)40-33-45(38-29-31-43(32-30-38)51(41-19-9-3-10-20-41)42-21-11-4-12-22-42)49-47(34-40)52-46-24-14-13-23-44(46)48(50(52)53-49)39-17-7-2-8-18-39/h1-34H. The summed E-state index contributed by atoms with van der Waals surface area (Å²) in [5.74, 6) is 0. The van der Waals surface area contributed by atoms with E-state index in [0.29, 0.717) is 0 Å². The first-order valence-corrected chi connectivity index (χ1v) is 18.0. The molecule has 0 bridgehead atoms. The van der Waals surface area contributed by atoms with Crippen LogP contribution in [0.1, 0.15) is 0 Å². The second-order valence-corrected chi connectivity index (χ2v) is 13.4. The van der Waals surface area contributed by atoms with Crippen molar-refractivity contribution in [3.8, 4) is 44.5 Å². The van der Waals surface area contributed by atoms with E-state index < -0.39 is 0 Å². The molecule has 0 saturated carbocycles. The van der Waals surface area contributed by atoms with Gasteiger partial charge in [-0.15, -0.1) is 0 Å². The maximum Gasteiger partial charge on any atom is 0.213 e. The molecule has 0 fully saturated rings. The Kier molecular flexibility index (Phi) is 7.47. The number of rotatable bonds is 7. The summed E-state index contributed by atoms with van der Waals surface area (Å²) in [6, 6.07) is 73.1. The fourth-order valence-corrected chi connectivity index (χ4v) is 7.68. The summed E-state index contributed by atoms with van der Waals surface area (Å²) in [6.07, 6.45) is 0. The van der Waals surface area contributed by atoms with E-state index in [2.05, 4.69) is 216 Å². The molecule has 0 aliphatic heterocycles. The molecule has 2 heterocycles. The van der Waals surface area contributed by atoms with Gasteiger partial charge in [-0.1, -0.05) is 152 Å². The Hall–Kier alpha value is -7.10. The minimum atomic E-state index is 0.848. The van der Waals surface area contributed by atoms with Crippen LogP contribution >= 0.6 is 0 Å². The largest absolute Gasteiger partial charge is 0.437 e. The molecule has 0 aliphatic rings. The fraction of sp³-hybridized carbons (Fsp3) is 0. The average Bonchev–Trinajstić information content (AvgIpc) is 3.77. The normalized spacial score (nSPS) is 11.4. The van der Waals surface area contributed by atoms with Gasteiger partial charge >= 0.3 is 0 Å². The predicted molar refractivity (Wildman–Crippen MR) is 221 cm³/mol. The molecule has 0 unspecified atom stereocenters. The first-order valence-electron chi connectivity index (χ1n) is 18.0. The minimum absolute atomic E-state index is 0.848. The zero-order valence-electron chi connectivity index (χ0n) is 28.9. The summed E-state index contributed by atoms with van der Waals surface area (Å²) in [5.41, 5.74) is 16.2. The van der Waals surface area contributed by atoms with Gasteiger partial charge in [-0.05, 0) is 88.0 Å². The molecule has 2 aromatic heterocycles. The maximum absolute atomic E-state index is 7.05. The molecular weight excluding hydrogens is 645 g/mol. The lowest BCUT2D eigenvalue weighted by Gasteiger charge is -2.25. The van der Waals surface area contributed by atoms with Crippen LogP contribution in [0.4, 0.5) is 17.1 Å². The van der Waals surface area contributed by atoms with Crippen LogP contribution in [0.25, 0.3) is 72.2 Å². The second kappa shape index (κ2) is 12.9. The van der Waals surface area contributed by atoms with Crippen LogP contribution in [0.5, 0.6) is 0 Å². The fourth-order valence-electron chi connectivity index (χ4n) is 7.68. The summed E-state index contributed by atoms with van der Waals surface area (Å²) >= 11 is 0. The van der Waals surface area contributed by atoms with Crippen molar-refractivity contribution >= 4 is 44.8 Å². The van der Waals surface area contributed by atoms with Gasteiger partial charge in [0.05, 0.1) is 16.6 Å². The monoisotopic (exact) mass is 678 g/mol. The van der Waals surface area contributed by atoms with E-state index in [1.807, 2.05) is 0 Å². The molecule has 0 N–H and O–H groups in total. The van der Waals surface area contributed by atoms with Crippen molar-refractivity contribution in [2.75, 3.05) is 4.90 Å². The Morgan fingerprint density at radius 3 is 1.45 bits per heavy atom. The summed E-state index contributed by atoms with van der Waals surface area (Å²) in [7, 11) is 0. The highest BCUT2D eigenvalue weighted by molar-refractivity contribution is 6.09. The van der Waals surface area contributed by atoms with Crippen molar-refractivity contribution in [2.24, 2.45) is 0 Å². The van der Waals surface area contributed by atoms with Gasteiger partial charge in [0.15, 0.2) is 5.58 Å². The molecule has 0 spiro atoms. The number of hydrogen-bond donors (Lipinski definition) is 0. The number of benzene rings is 8. The number of fused-ring (bicyclic) bond motifs is 5. The minimum Gasteiger partial charge on any atom is -0.437 e. The first kappa shape index (κ1) is 30.7. The zero-order valence-corrected chi connectivity index (χ0v) is 28.9. The van der Waals surface area contributed by atoms with Gasteiger partial charge in [0.2, 0.25) is 5.71 Å². The van der Waals surface area contributed by atoms with E-state index in [1.165, 1.54) is 16.5 Å². The summed E-state index contributed by atoms with van der Waals surface area (Å²) in [6.45, 7) is 0. The molecule has 0 atom stereocenters. The van der Waals surface area contributed by atoms with Crippen molar-refractivity contribution in [1.82, 2.24) is 4.40 Å². The van der Waals surface area contributed by atoms with E-state index in [4.69, 9.17) is 4.42 Å². The van der Waals surface area contributed by atoms with Crippen LogP contribution in [0.15, 0.2) is 211 Å². The molecule has 0 amide bonds. The average molecular weight is 679 g/mol. The summed E-state index contributed by atoms with van der Waals surface area (Å²) < 4.78 is 9.35. The number of anilines is 3.